The molecule has 0 aliphatic carbocycles. The lowest BCUT2D eigenvalue weighted by Gasteiger charge is -2.05. The molecule has 1 aromatic carbocycles. The van der Waals surface area contributed by atoms with Crippen molar-refractivity contribution in [2.45, 2.75) is 6.92 Å². The average molecular weight is 322 g/mol. The molecule has 3 aromatic heterocycles. The fourth-order valence-corrected chi connectivity index (χ4v) is 2.72. The van der Waals surface area contributed by atoms with Crippen LogP contribution in [0.2, 0.25) is 0 Å². The third-order valence-electron chi connectivity index (χ3n) is 4.03. The van der Waals surface area contributed by atoms with E-state index in [0.29, 0.717) is 16.7 Å². The molecule has 3 heterocycles. The molecule has 0 spiro atoms. The number of pyridine rings is 1. The highest BCUT2D eigenvalue weighted by Crippen LogP contribution is 2.20. The molecule has 120 valence electrons. The number of carbonyl (C=O) groups is 1. The van der Waals surface area contributed by atoms with Crippen molar-refractivity contribution >= 4 is 33.5 Å². The van der Waals surface area contributed by atoms with E-state index in [2.05, 4.69) is 25.6 Å². The molecular weight excluding hydrogens is 308 g/mol. The number of H-pyrrole nitrogens is 2. The van der Waals surface area contributed by atoms with Crippen molar-refractivity contribution in [3.05, 3.63) is 52.1 Å². The second kappa shape index (κ2) is 5.05. The summed E-state index contributed by atoms with van der Waals surface area (Å²) < 4.78 is 1.55. The van der Waals surface area contributed by atoms with E-state index in [-0.39, 0.29) is 11.0 Å². The van der Waals surface area contributed by atoms with Gasteiger partial charge in [-0.1, -0.05) is 0 Å². The molecule has 0 unspecified atom stereocenters. The van der Waals surface area contributed by atoms with Gasteiger partial charge in [-0.05, 0) is 25.1 Å². The van der Waals surface area contributed by atoms with Gasteiger partial charge in [0.2, 0.25) is 5.43 Å². The Balaban J connectivity index is 1.70. The summed E-state index contributed by atoms with van der Waals surface area (Å²) in [6.45, 7) is 1.93. The monoisotopic (exact) mass is 322 g/mol. The molecule has 8 nitrogen and oxygen atoms in total. The normalized spacial score (nSPS) is 11.2. The quantitative estimate of drug-likeness (QED) is 0.522. The summed E-state index contributed by atoms with van der Waals surface area (Å²) in [6.07, 6.45) is 2.85. The van der Waals surface area contributed by atoms with Crippen molar-refractivity contribution in [2.24, 2.45) is 7.05 Å². The minimum atomic E-state index is -0.478. The van der Waals surface area contributed by atoms with Crippen LogP contribution in [0.1, 0.15) is 16.1 Å². The number of aromatic nitrogens is 5. The number of fused-ring (bicyclic) bond motifs is 2. The van der Waals surface area contributed by atoms with Gasteiger partial charge in [0.05, 0.1) is 17.1 Å². The number of aryl methyl sites for hydroxylation is 2. The first-order valence-electron chi connectivity index (χ1n) is 7.34. The summed E-state index contributed by atoms with van der Waals surface area (Å²) in [4.78, 5) is 27.8. The molecule has 0 atom stereocenters. The first kappa shape index (κ1) is 14.2. The van der Waals surface area contributed by atoms with Gasteiger partial charge < -0.3 is 10.3 Å². The Bertz CT molecular complexity index is 1150. The number of hydrogen-bond acceptors (Lipinski definition) is 4. The number of aromatic amines is 2. The smallest absolute Gasteiger partial charge is 0.261 e. The molecule has 4 aromatic rings. The standard InChI is InChI=1S/C16H14N6O2/c1-8-10-4-3-9(5-13(10)21-20-8)19-16(24)12-6-17-15-11(14(12)23)7-18-22(15)2/h3-7H,1-2H3,(H,17,23)(H,19,24)(H,20,21). The number of carbonyl (C=O) groups excluding carboxylic acids is 1. The number of amides is 1. The highest BCUT2D eigenvalue weighted by atomic mass is 16.2. The van der Waals surface area contributed by atoms with Gasteiger partial charge in [-0.2, -0.15) is 10.2 Å². The van der Waals surface area contributed by atoms with Gasteiger partial charge in [-0.15, -0.1) is 0 Å². The summed E-state index contributed by atoms with van der Waals surface area (Å²) in [5.74, 6) is -0.478. The van der Waals surface area contributed by atoms with E-state index in [1.54, 1.807) is 23.9 Å². The van der Waals surface area contributed by atoms with Crippen molar-refractivity contribution in [1.29, 1.82) is 0 Å². The van der Waals surface area contributed by atoms with Gasteiger partial charge in [0, 0.05) is 30.0 Å². The van der Waals surface area contributed by atoms with E-state index in [9.17, 15) is 9.59 Å². The predicted octanol–water partition coefficient (Wildman–Crippen LogP) is 1.70. The van der Waals surface area contributed by atoms with Crippen molar-refractivity contribution < 1.29 is 4.79 Å². The fraction of sp³-hybridized carbons (Fsp3) is 0.125. The van der Waals surface area contributed by atoms with E-state index in [1.165, 1.54) is 12.4 Å². The minimum Gasteiger partial charge on any atom is -0.345 e. The molecule has 0 fully saturated rings. The molecule has 0 saturated carbocycles. The highest BCUT2D eigenvalue weighted by molar-refractivity contribution is 6.06. The predicted molar refractivity (Wildman–Crippen MR) is 90.1 cm³/mol. The van der Waals surface area contributed by atoms with Crippen LogP contribution in [-0.4, -0.2) is 30.9 Å². The van der Waals surface area contributed by atoms with Crippen LogP contribution in [0.4, 0.5) is 5.69 Å². The first-order valence-corrected chi connectivity index (χ1v) is 7.34. The summed E-state index contributed by atoms with van der Waals surface area (Å²) in [6, 6.07) is 5.41. The zero-order chi connectivity index (χ0) is 16.8. The first-order chi connectivity index (χ1) is 11.5. The average Bonchev–Trinajstić information content (AvgIpc) is 3.12. The van der Waals surface area contributed by atoms with Crippen LogP contribution in [0.3, 0.4) is 0 Å². The largest absolute Gasteiger partial charge is 0.345 e. The number of anilines is 1. The van der Waals surface area contributed by atoms with Crippen LogP contribution >= 0.6 is 0 Å². The molecule has 24 heavy (non-hydrogen) atoms. The van der Waals surface area contributed by atoms with Crippen molar-refractivity contribution in [3.8, 4) is 0 Å². The number of nitrogens with zero attached hydrogens (tertiary/aromatic N) is 3. The Morgan fingerprint density at radius 1 is 1.29 bits per heavy atom. The van der Waals surface area contributed by atoms with E-state index in [0.717, 1.165) is 16.6 Å². The molecule has 4 rings (SSSR count). The summed E-state index contributed by atoms with van der Waals surface area (Å²) >= 11 is 0. The molecular formula is C16H14N6O2. The van der Waals surface area contributed by atoms with Gasteiger partial charge in [0.15, 0.2) is 0 Å². The van der Waals surface area contributed by atoms with E-state index in [4.69, 9.17) is 0 Å². The molecule has 0 bridgehead atoms. The van der Waals surface area contributed by atoms with Crippen LogP contribution < -0.4 is 10.7 Å². The Labute approximate surface area is 135 Å². The minimum absolute atomic E-state index is 0.0359. The van der Waals surface area contributed by atoms with Crippen molar-refractivity contribution in [3.63, 3.8) is 0 Å². The molecule has 0 aliphatic heterocycles. The lowest BCUT2D eigenvalue weighted by Crippen LogP contribution is -2.21. The molecule has 0 radical (unpaired) electrons. The van der Waals surface area contributed by atoms with Crippen LogP contribution in [0, 0.1) is 6.92 Å². The second-order valence-corrected chi connectivity index (χ2v) is 5.60. The Morgan fingerprint density at radius 3 is 2.96 bits per heavy atom. The third kappa shape index (κ3) is 2.08. The lowest BCUT2D eigenvalue weighted by molar-refractivity contribution is 0.102. The molecule has 8 heteroatoms. The van der Waals surface area contributed by atoms with Gasteiger partial charge in [-0.3, -0.25) is 19.4 Å². The molecule has 0 saturated heterocycles. The summed E-state index contributed by atoms with van der Waals surface area (Å²) in [5.41, 5.74) is 2.54. The lowest BCUT2D eigenvalue weighted by atomic mass is 10.2. The maximum atomic E-state index is 12.4. The Hall–Kier alpha value is -3.42. The third-order valence-corrected chi connectivity index (χ3v) is 4.03. The van der Waals surface area contributed by atoms with Gasteiger partial charge >= 0.3 is 0 Å². The molecule has 1 amide bonds. The maximum absolute atomic E-state index is 12.4. The van der Waals surface area contributed by atoms with Crippen LogP contribution in [0.25, 0.3) is 21.9 Å². The van der Waals surface area contributed by atoms with Crippen LogP contribution in [0.15, 0.2) is 35.4 Å². The Kier molecular flexibility index (Phi) is 2.99. The zero-order valence-electron chi connectivity index (χ0n) is 13.0. The zero-order valence-corrected chi connectivity index (χ0v) is 13.0. The summed E-state index contributed by atoms with van der Waals surface area (Å²) in [5, 5.41) is 15.2. The number of rotatable bonds is 2. The maximum Gasteiger partial charge on any atom is 0.261 e. The van der Waals surface area contributed by atoms with E-state index < -0.39 is 5.91 Å². The van der Waals surface area contributed by atoms with Crippen molar-refractivity contribution in [1.82, 2.24) is 25.0 Å². The van der Waals surface area contributed by atoms with Gasteiger partial charge in [0.25, 0.3) is 5.91 Å². The van der Waals surface area contributed by atoms with E-state index in [1.807, 2.05) is 13.0 Å². The number of nitrogens with one attached hydrogen (secondary N) is 3. The van der Waals surface area contributed by atoms with E-state index >= 15 is 0 Å². The fourth-order valence-electron chi connectivity index (χ4n) is 2.72. The molecule has 3 N–H and O–H groups in total. The molecule has 0 aliphatic rings. The second-order valence-electron chi connectivity index (χ2n) is 5.60. The van der Waals surface area contributed by atoms with Crippen LogP contribution in [-0.2, 0) is 7.05 Å². The van der Waals surface area contributed by atoms with Gasteiger partial charge in [0.1, 0.15) is 11.2 Å². The van der Waals surface area contributed by atoms with Gasteiger partial charge in [-0.25, -0.2) is 0 Å². The van der Waals surface area contributed by atoms with Crippen molar-refractivity contribution in [2.75, 3.05) is 5.32 Å². The topological polar surface area (TPSA) is 108 Å². The SMILES string of the molecule is Cc1[nH]nc2cc(NC(=O)c3c[nH]c4c(cnn4C)c3=O)ccc12. The van der Waals surface area contributed by atoms with Crippen LogP contribution in [0.5, 0.6) is 0 Å². The Morgan fingerprint density at radius 2 is 2.12 bits per heavy atom. The summed E-state index contributed by atoms with van der Waals surface area (Å²) in [7, 11) is 1.72. The number of hydrogen-bond donors (Lipinski definition) is 3. The highest BCUT2D eigenvalue weighted by Gasteiger charge is 2.15. The number of benzene rings is 1.